The van der Waals surface area contributed by atoms with Crippen molar-refractivity contribution in [3.63, 3.8) is 0 Å². The van der Waals surface area contributed by atoms with Gasteiger partial charge in [-0.1, -0.05) is 12.1 Å². The van der Waals surface area contributed by atoms with E-state index in [0.29, 0.717) is 22.4 Å². The van der Waals surface area contributed by atoms with E-state index < -0.39 is 24.6 Å². The van der Waals surface area contributed by atoms with Gasteiger partial charge in [0.25, 0.3) is 0 Å². The maximum Gasteiger partial charge on any atom is 0.328 e. The van der Waals surface area contributed by atoms with Crippen LogP contribution in [-0.2, 0) is 16.0 Å². The minimum atomic E-state index is -1.11. The summed E-state index contributed by atoms with van der Waals surface area (Å²) in [7, 11) is 2.79. The van der Waals surface area contributed by atoms with Crippen molar-refractivity contribution in [2.75, 3.05) is 20.8 Å². The summed E-state index contributed by atoms with van der Waals surface area (Å²) in [5.74, 6) is -1.74. The second-order valence-corrected chi connectivity index (χ2v) is 6.50. The smallest absolute Gasteiger partial charge is 0.328 e. The molecule has 0 aliphatic rings. The predicted molar refractivity (Wildman–Crippen MR) is 119 cm³/mol. The molecule has 33 heavy (non-hydrogen) atoms. The number of hydrogen-bond donors (Lipinski definition) is 6. The average Bonchev–Trinajstić information content (AvgIpc) is 2.78. The van der Waals surface area contributed by atoms with Crippen LogP contribution in [0.15, 0.2) is 42.5 Å². The standard InChI is InChI=1S/C13H16O6.C10H10O4/c1-19-13-10(6-9(15)7-14)8(2-4-11(13)16)3-5-12(17)18;1-14-9-6-7(2-4-8(9)11)3-5-10(12)13/h2-5,9,14-16H,6-7H2,1H3,(H,17,18);2-6,11H,1H3,(H,12,13). The molecule has 0 saturated heterocycles. The molecule has 1 unspecified atom stereocenters. The Morgan fingerprint density at radius 3 is 2.09 bits per heavy atom. The molecule has 0 aromatic heterocycles. The molecular weight excluding hydrogens is 436 g/mol. The van der Waals surface area contributed by atoms with Crippen LogP contribution < -0.4 is 9.47 Å². The van der Waals surface area contributed by atoms with Gasteiger partial charge in [-0.3, -0.25) is 0 Å². The van der Waals surface area contributed by atoms with Crippen molar-refractivity contribution < 1.29 is 49.7 Å². The Morgan fingerprint density at radius 2 is 1.55 bits per heavy atom. The van der Waals surface area contributed by atoms with Crippen LogP contribution in [-0.4, -0.2) is 69.5 Å². The summed E-state index contributed by atoms with van der Waals surface area (Å²) in [5, 5.41) is 54.3. The monoisotopic (exact) mass is 462 g/mol. The van der Waals surface area contributed by atoms with E-state index in [1.165, 1.54) is 44.6 Å². The first kappa shape index (κ1) is 27.0. The van der Waals surface area contributed by atoms with Crippen LogP contribution in [0, 0.1) is 0 Å². The van der Waals surface area contributed by atoms with E-state index in [1.54, 1.807) is 12.1 Å². The number of methoxy groups -OCH3 is 2. The Balaban J connectivity index is 0.000000346. The van der Waals surface area contributed by atoms with Gasteiger partial charge in [-0.2, -0.15) is 0 Å². The number of aromatic hydroxyl groups is 2. The number of phenolic OH excluding ortho intramolecular Hbond substituents is 2. The van der Waals surface area contributed by atoms with Crippen LogP contribution in [0.1, 0.15) is 16.7 Å². The van der Waals surface area contributed by atoms with Crippen molar-refractivity contribution in [3.8, 4) is 23.0 Å². The lowest BCUT2D eigenvalue weighted by atomic mass is 9.99. The third-order valence-electron chi connectivity index (χ3n) is 4.16. The Labute approximate surface area is 189 Å². The van der Waals surface area contributed by atoms with Gasteiger partial charge in [0.1, 0.15) is 0 Å². The first-order valence-electron chi connectivity index (χ1n) is 9.49. The number of ether oxygens (including phenoxy) is 2. The molecule has 2 aromatic carbocycles. The number of phenols is 2. The lowest BCUT2D eigenvalue weighted by Gasteiger charge is -2.15. The minimum absolute atomic E-state index is 0.0278. The van der Waals surface area contributed by atoms with Gasteiger partial charge in [0.15, 0.2) is 23.0 Å². The molecule has 0 spiro atoms. The van der Waals surface area contributed by atoms with E-state index in [9.17, 15) is 24.9 Å². The summed E-state index contributed by atoms with van der Waals surface area (Å²) in [6.07, 6.45) is 3.74. The second-order valence-electron chi connectivity index (χ2n) is 6.50. The highest BCUT2D eigenvalue weighted by molar-refractivity contribution is 5.86. The summed E-state index contributed by atoms with van der Waals surface area (Å²) in [4.78, 5) is 20.8. The molecule has 0 aliphatic carbocycles. The number of aliphatic carboxylic acids is 2. The molecule has 178 valence electrons. The first-order chi connectivity index (χ1) is 15.6. The highest BCUT2D eigenvalue weighted by atomic mass is 16.5. The van der Waals surface area contributed by atoms with Crippen LogP contribution >= 0.6 is 0 Å². The molecule has 10 nitrogen and oxygen atoms in total. The molecule has 0 fully saturated rings. The summed E-state index contributed by atoms with van der Waals surface area (Å²) in [6, 6.07) is 7.47. The van der Waals surface area contributed by atoms with Crippen molar-refractivity contribution >= 4 is 24.1 Å². The summed E-state index contributed by atoms with van der Waals surface area (Å²) in [5.41, 5.74) is 1.58. The van der Waals surface area contributed by atoms with Crippen LogP contribution in [0.2, 0.25) is 0 Å². The lowest BCUT2D eigenvalue weighted by molar-refractivity contribution is -0.132. The van der Waals surface area contributed by atoms with Gasteiger partial charge in [-0.25, -0.2) is 9.59 Å². The molecule has 10 heteroatoms. The zero-order valence-corrected chi connectivity index (χ0v) is 18.0. The Hall–Kier alpha value is -4.02. The zero-order valence-electron chi connectivity index (χ0n) is 18.0. The second kappa shape index (κ2) is 13.4. The predicted octanol–water partition coefficient (Wildman–Crippen LogP) is 1.89. The summed E-state index contributed by atoms with van der Waals surface area (Å²) >= 11 is 0. The number of aliphatic hydroxyl groups excluding tert-OH is 2. The molecule has 0 radical (unpaired) electrons. The van der Waals surface area contributed by atoms with Gasteiger partial charge >= 0.3 is 11.9 Å². The van der Waals surface area contributed by atoms with Gasteiger partial charge < -0.3 is 40.1 Å². The summed E-state index contributed by atoms with van der Waals surface area (Å²) < 4.78 is 9.91. The largest absolute Gasteiger partial charge is 0.504 e. The fourth-order valence-corrected chi connectivity index (χ4v) is 2.65. The molecule has 0 amide bonds. The highest BCUT2D eigenvalue weighted by Crippen LogP contribution is 2.34. The topological polar surface area (TPSA) is 174 Å². The number of benzene rings is 2. The van der Waals surface area contributed by atoms with Crippen molar-refractivity contribution in [2.45, 2.75) is 12.5 Å². The van der Waals surface area contributed by atoms with Crippen LogP contribution in [0.3, 0.4) is 0 Å². The van der Waals surface area contributed by atoms with Crippen LogP contribution in [0.4, 0.5) is 0 Å². The molecule has 1 atom stereocenters. The number of carboxylic acid groups (broad SMARTS) is 2. The van der Waals surface area contributed by atoms with Crippen molar-refractivity contribution in [2.24, 2.45) is 0 Å². The lowest BCUT2D eigenvalue weighted by Crippen LogP contribution is -2.16. The van der Waals surface area contributed by atoms with Crippen molar-refractivity contribution in [1.29, 1.82) is 0 Å². The maximum absolute atomic E-state index is 10.5. The van der Waals surface area contributed by atoms with E-state index in [2.05, 4.69) is 0 Å². The fourth-order valence-electron chi connectivity index (χ4n) is 2.65. The summed E-state index contributed by atoms with van der Waals surface area (Å²) in [6.45, 7) is -0.444. The third-order valence-corrected chi connectivity index (χ3v) is 4.16. The molecule has 0 heterocycles. The van der Waals surface area contributed by atoms with Crippen molar-refractivity contribution in [3.05, 3.63) is 59.2 Å². The highest BCUT2D eigenvalue weighted by Gasteiger charge is 2.16. The van der Waals surface area contributed by atoms with Gasteiger partial charge in [0, 0.05) is 24.1 Å². The maximum atomic E-state index is 10.5. The van der Waals surface area contributed by atoms with Gasteiger partial charge in [-0.05, 0) is 41.5 Å². The van der Waals surface area contributed by atoms with Gasteiger partial charge in [0.2, 0.25) is 0 Å². The molecule has 6 N–H and O–H groups in total. The number of hydrogen-bond acceptors (Lipinski definition) is 8. The first-order valence-corrected chi connectivity index (χ1v) is 9.49. The van der Waals surface area contributed by atoms with E-state index >= 15 is 0 Å². The molecule has 0 aliphatic heterocycles. The normalized spacial score (nSPS) is 11.6. The quantitative estimate of drug-likeness (QED) is 0.302. The number of carbonyl (C=O) groups is 2. The number of carboxylic acids is 2. The van der Waals surface area contributed by atoms with Crippen LogP contribution in [0.5, 0.6) is 23.0 Å². The Morgan fingerprint density at radius 1 is 0.939 bits per heavy atom. The van der Waals surface area contributed by atoms with Crippen molar-refractivity contribution in [1.82, 2.24) is 0 Å². The van der Waals surface area contributed by atoms with Gasteiger partial charge in [-0.15, -0.1) is 0 Å². The molecule has 0 bridgehead atoms. The van der Waals surface area contributed by atoms with Gasteiger partial charge in [0.05, 0.1) is 26.9 Å². The minimum Gasteiger partial charge on any atom is -0.504 e. The molecule has 2 aromatic rings. The SMILES string of the molecule is COc1c(O)ccc(C=CC(=O)O)c1CC(O)CO.COc1cc(C=CC(=O)O)ccc1O. The van der Waals surface area contributed by atoms with E-state index in [0.717, 1.165) is 12.2 Å². The van der Waals surface area contributed by atoms with E-state index in [1.807, 2.05) is 0 Å². The molecule has 0 saturated carbocycles. The zero-order chi connectivity index (χ0) is 25.0. The van der Waals surface area contributed by atoms with E-state index in [-0.39, 0.29) is 23.7 Å². The average molecular weight is 462 g/mol. The Kier molecular flexibility index (Phi) is 11.0. The molecular formula is C23H26O10. The van der Waals surface area contributed by atoms with Crippen LogP contribution in [0.25, 0.3) is 12.2 Å². The van der Waals surface area contributed by atoms with E-state index in [4.69, 9.17) is 24.8 Å². The number of rotatable bonds is 9. The fraction of sp³-hybridized carbons (Fsp3) is 0.217. The third kappa shape index (κ3) is 8.93. The molecule has 2 rings (SSSR count). The number of aliphatic hydroxyl groups is 2. The Bertz CT molecular complexity index is 1010.